The Morgan fingerprint density at radius 2 is 2.25 bits per heavy atom. The van der Waals surface area contributed by atoms with Crippen molar-refractivity contribution >= 4 is 21.9 Å². The van der Waals surface area contributed by atoms with E-state index in [9.17, 15) is 0 Å². The van der Waals surface area contributed by atoms with Crippen LogP contribution in [0.1, 0.15) is 18.9 Å². The molecule has 1 N–H and O–H groups in total. The van der Waals surface area contributed by atoms with Gasteiger partial charge in [-0.15, -0.1) is 0 Å². The monoisotopic (exact) mass is 337 g/mol. The fourth-order valence-electron chi connectivity index (χ4n) is 1.99. The zero-order chi connectivity index (χ0) is 14.4. The third-order valence-corrected chi connectivity index (χ3v) is 3.52. The second kappa shape index (κ2) is 7.45. The lowest BCUT2D eigenvalue weighted by atomic mass is 10.2. The third kappa shape index (κ3) is 3.84. The molecule has 20 heavy (non-hydrogen) atoms. The van der Waals surface area contributed by atoms with Crippen LogP contribution in [0.15, 0.2) is 35.1 Å². The van der Waals surface area contributed by atoms with Gasteiger partial charge in [-0.25, -0.2) is 4.98 Å². The molecule has 2 aromatic rings. The minimum atomic E-state index is 0.770. The van der Waals surface area contributed by atoms with Crippen LogP contribution in [0.3, 0.4) is 0 Å². The fraction of sp³-hybridized carbons (Fsp3) is 0.400. The molecule has 4 nitrogen and oxygen atoms in total. The first-order valence-corrected chi connectivity index (χ1v) is 7.63. The number of benzene rings is 1. The van der Waals surface area contributed by atoms with Gasteiger partial charge in [-0.05, 0) is 38.0 Å². The number of rotatable bonds is 7. The van der Waals surface area contributed by atoms with Crippen LogP contribution in [0.4, 0.5) is 5.95 Å². The number of ether oxygens (including phenoxy) is 1. The van der Waals surface area contributed by atoms with E-state index in [1.165, 1.54) is 5.56 Å². The molecule has 2 rings (SSSR count). The van der Waals surface area contributed by atoms with E-state index in [0.29, 0.717) is 0 Å². The number of hydrogen-bond acceptors (Lipinski definition) is 3. The number of nitrogens with one attached hydrogen (secondary N) is 1. The van der Waals surface area contributed by atoms with Gasteiger partial charge < -0.3 is 10.1 Å². The summed E-state index contributed by atoms with van der Waals surface area (Å²) in [5.41, 5.74) is 2.34. The van der Waals surface area contributed by atoms with Gasteiger partial charge in [0.25, 0.3) is 0 Å². The molecule has 5 heteroatoms. The van der Waals surface area contributed by atoms with Crippen LogP contribution in [0.2, 0.25) is 0 Å². The van der Waals surface area contributed by atoms with Gasteiger partial charge in [0.2, 0.25) is 5.95 Å². The van der Waals surface area contributed by atoms with Crippen molar-refractivity contribution in [3.63, 3.8) is 0 Å². The molecule has 0 saturated heterocycles. The van der Waals surface area contributed by atoms with Gasteiger partial charge in [-0.3, -0.25) is 4.57 Å². The molecule has 0 atom stereocenters. The Kier molecular flexibility index (Phi) is 5.61. The summed E-state index contributed by atoms with van der Waals surface area (Å²) in [6.45, 7) is 6.51. The molecule has 0 spiro atoms. The maximum Gasteiger partial charge on any atom is 0.207 e. The van der Waals surface area contributed by atoms with Crippen LogP contribution < -0.4 is 5.32 Å². The molecule has 0 saturated carbocycles. The van der Waals surface area contributed by atoms with Crippen molar-refractivity contribution in [2.24, 2.45) is 0 Å². The van der Waals surface area contributed by atoms with E-state index >= 15 is 0 Å². The van der Waals surface area contributed by atoms with Gasteiger partial charge >= 0.3 is 0 Å². The maximum atomic E-state index is 5.33. The summed E-state index contributed by atoms with van der Waals surface area (Å²) in [7, 11) is 0. The van der Waals surface area contributed by atoms with Crippen molar-refractivity contribution in [2.45, 2.75) is 20.3 Å². The first kappa shape index (κ1) is 15.1. The summed E-state index contributed by atoms with van der Waals surface area (Å²) in [5, 5.41) is 3.35. The normalized spacial score (nSPS) is 10.8. The molecule has 0 aliphatic carbocycles. The Morgan fingerprint density at radius 1 is 1.40 bits per heavy atom. The Labute approximate surface area is 128 Å². The molecule has 0 aliphatic rings. The maximum absolute atomic E-state index is 5.33. The van der Waals surface area contributed by atoms with E-state index in [0.717, 1.165) is 42.3 Å². The Bertz CT molecular complexity index is 554. The van der Waals surface area contributed by atoms with Gasteiger partial charge in [0.05, 0.1) is 5.69 Å². The largest absolute Gasteiger partial charge is 0.382 e. The minimum Gasteiger partial charge on any atom is -0.382 e. The van der Waals surface area contributed by atoms with Crippen LogP contribution in [0.25, 0.3) is 5.69 Å². The molecule has 0 amide bonds. The van der Waals surface area contributed by atoms with Crippen molar-refractivity contribution in [3.05, 3.63) is 40.6 Å². The van der Waals surface area contributed by atoms with Crippen LogP contribution in [-0.4, -0.2) is 29.3 Å². The Hall–Kier alpha value is -1.33. The van der Waals surface area contributed by atoms with Crippen molar-refractivity contribution in [1.82, 2.24) is 9.55 Å². The van der Waals surface area contributed by atoms with Crippen molar-refractivity contribution in [1.29, 1.82) is 0 Å². The fourth-order valence-corrected chi connectivity index (χ4v) is 2.34. The van der Waals surface area contributed by atoms with Gasteiger partial charge in [0, 0.05) is 36.6 Å². The highest BCUT2D eigenvalue weighted by Gasteiger charge is 2.07. The summed E-state index contributed by atoms with van der Waals surface area (Å²) < 4.78 is 8.46. The van der Waals surface area contributed by atoms with Crippen LogP contribution in [0.5, 0.6) is 0 Å². The number of aromatic nitrogens is 2. The molecule has 0 radical (unpaired) electrons. The standard InChI is InChI=1S/C15H20BrN3O/c1-3-20-10-4-7-17-15-18-8-9-19(15)14-11-13(16)6-5-12(14)2/h5-6,8-9,11H,3-4,7,10H2,1-2H3,(H,17,18). The second-order valence-corrected chi connectivity index (χ2v) is 5.44. The predicted octanol–water partition coefficient (Wildman–Crippen LogP) is 3.78. The summed E-state index contributed by atoms with van der Waals surface area (Å²) >= 11 is 3.52. The molecular formula is C15H20BrN3O. The quantitative estimate of drug-likeness (QED) is 0.781. The molecular weight excluding hydrogens is 318 g/mol. The Balaban J connectivity index is 2.06. The predicted molar refractivity (Wildman–Crippen MR) is 85.6 cm³/mol. The molecule has 1 heterocycles. The second-order valence-electron chi connectivity index (χ2n) is 4.53. The molecule has 0 fully saturated rings. The van der Waals surface area contributed by atoms with Gasteiger partial charge in [0.15, 0.2) is 0 Å². The van der Waals surface area contributed by atoms with Crippen LogP contribution in [0, 0.1) is 6.92 Å². The van der Waals surface area contributed by atoms with Crippen LogP contribution >= 0.6 is 15.9 Å². The number of hydrogen-bond donors (Lipinski definition) is 1. The zero-order valence-electron chi connectivity index (χ0n) is 11.9. The van der Waals surface area contributed by atoms with E-state index in [1.54, 1.807) is 0 Å². The molecule has 108 valence electrons. The lowest BCUT2D eigenvalue weighted by molar-refractivity contribution is 0.147. The van der Waals surface area contributed by atoms with Gasteiger partial charge in [-0.1, -0.05) is 22.0 Å². The van der Waals surface area contributed by atoms with Crippen molar-refractivity contribution in [3.8, 4) is 5.69 Å². The molecule has 0 aliphatic heterocycles. The number of aryl methyl sites for hydroxylation is 1. The number of nitrogens with zero attached hydrogens (tertiary/aromatic N) is 2. The smallest absolute Gasteiger partial charge is 0.207 e. The molecule has 0 unspecified atom stereocenters. The first-order valence-electron chi connectivity index (χ1n) is 6.84. The average molecular weight is 338 g/mol. The van der Waals surface area contributed by atoms with E-state index in [2.05, 4.69) is 49.9 Å². The number of anilines is 1. The molecule has 1 aromatic carbocycles. The lowest BCUT2D eigenvalue weighted by Crippen LogP contribution is -2.10. The average Bonchev–Trinajstić information content (AvgIpc) is 2.89. The summed E-state index contributed by atoms with van der Waals surface area (Å²) in [5.74, 6) is 0.864. The van der Waals surface area contributed by atoms with Gasteiger partial charge in [0.1, 0.15) is 0 Å². The van der Waals surface area contributed by atoms with Gasteiger partial charge in [-0.2, -0.15) is 0 Å². The zero-order valence-corrected chi connectivity index (χ0v) is 13.5. The highest BCUT2D eigenvalue weighted by Crippen LogP contribution is 2.22. The molecule has 1 aromatic heterocycles. The summed E-state index contributed by atoms with van der Waals surface area (Å²) in [6, 6.07) is 6.24. The first-order chi connectivity index (χ1) is 9.72. The number of imidazole rings is 1. The van der Waals surface area contributed by atoms with Crippen LogP contribution in [-0.2, 0) is 4.74 Å². The summed E-state index contributed by atoms with van der Waals surface area (Å²) in [4.78, 5) is 4.38. The third-order valence-electron chi connectivity index (χ3n) is 3.02. The minimum absolute atomic E-state index is 0.770. The summed E-state index contributed by atoms with van der Waals surface area (Å²) in [6.07, 6.45) is 4.75. The Morgan fingerprint density at radius 3 is 3.05 bits per heavy atom. The van der Waals surface area contributed by atoms with E-state index in [1.807, 2.05) is 25.4 Å². The van der Waals surface area contributed by atoms with E-state index < -0.39 is 0 Å². The highest BCUT2D eigenvalue weighted by atomic mass is 79.9. The number of halogens is 1. The van der Waals surface area contributed by atoms with Crippen molar-refractivity contribution in [2.75, 3.05) is 25.1 Å². The molecule has 0 bridgehead atoms. The van der Waals surface area contributed by atoms with E-state index in [4.69, 9.17) is 4.74 Å². The SMILES string of the molecule is CCOCCCNc1nccn1-c1cc(Br)ccc1C. The lowest BCUT2D eigenvalue weighted by Gasteiger charge is -2.12. The topological polar surface area (TPSA) is 39.1 Å². The highest BCUT2D eigenvalue weighted by molar-refractivity contribution is 9.10. The van der Waals surface area contributed by atoms with Crippen molar-refractivity contribution < 1.29 is 4.74 Å². The van der Waals surface area contributed by atoms with E-state index in [-0.39, 0.29) is 0 Å².